The van der Waals surface area contributed by atoms with Crippen molar-refractivity contribution in [3.8, 4) is 11.5 Å². The van der Waals surface area contributed by atoms with E-state index in [4.69, 9.17) is 13.9 Å². The van der Waals surface area contributed by atoms with Crippen molar-refractivity contribution in [3.63, 3.8) is 0 Å². The Morgan fingerprint density at radius 2 is 1.88 bits per heavy atom. The van der Waals surface area contributed by atoms with E-state index in [1.807, 2.05) is 48.5 Å². The van der Waals surface area contributed by atoms with Gasteiger partial charge < -0.3 is 19.2 Å². The smallest absolute Gasteiger partial charge is 0.287 e. The zero-order valence-corrected chi connectivity index (χ0v) is 15.8. The van der Waals surface area contributed by atoms with Crippen molar-refractivity contribution in [2.45, 2.75) is 13.2 Å². The number of hydrogen-bond acceptors (Lipinski definition) is 4. The predicted octanol–water partition coefficient (Wildman–Crippen LogP) is 4.56. The van der Waals surface area contributed by atoms with Crippen LogP contribution in [-0.4, -0.2) is 13.0 Å². The van der Waals surface area contributed by atoms with Crippen molar-refractivity contribution in [2.24, 2.45) is 0 Å². The molecule has 0 fully saturated rings. The normalized spacial score (nSPS) is 10.4. The molecule has 1 N–H and O–H groups in total. The number of halogens is 1. The molecule has 6 heteroatoms. The van der Waals surface area contributed by atoms with Crippen LogP contribution in [0.25, 0.3) is 0 Å². The quantitative estimate of drug-likeness (QED) is 0.614. The average molecular weight is 416 g/mol. The SMILES string of the molecule is COc1cccc(CNC(=O)c2ccc(COc3cccc(Br)c3)o2)c1. The van der Waals surface area contributed by atoms with E-state index in [0.29, 0.717) is 12.3 Å². The summed E-state index contributed by atoms with van der Waals surface area (Å²) in [6.45, 7) is 0.639. The van der Waals surface area contributed by atoms with Crippen LogP contribution in [0.4, 0.5) is 0 Å². The van der Waals surface area contributed by atoms with Crippen molar-refractivity contribution in [1.82, 2.24) is 5.32 Å². The van der Waals surface area contributed by atoms with Gasteiger partial charge in [0.2, 0.25) is 0 Å². The van der Waals surface area contributed by atoms with Gasteiger partial charge in [0.05, 0.1) is 7.11 Å². The minimum Gasteiger partial charge on any atom is -0.497 e. The molecule has 2 aromatic carbocycles. The van der Waals surface area contributed by atoms with Gasteiger partial charge in [0.25, 0.3) is 5.91 Å². The summed E-state index contributed by atoms with van der Waals surface area (Å²) in [6.07, 6.45) is 0. The number of amides is 1. The minimum absolute atomic E-state index is 0.250. The van der Waals surface area contributed by atoms with Crippen LogP contribution in [0.2, 0.25) is 0 Å². The molecular weight excluding hydrogens is 398 g/mol. The maximum absolute atomic E-state index is 12.2. The lowest BCUT2D eigenvalue weighted by Crippen LogP contribution is -2.22. The fourth-order valence-corrected chi connectivity index (χ4v) is 2.72. The molecule has 0 spiro atoms. The van der Waals surface area contributed by atoms with Crippen molar-refractivity contribution in [2.75, 3.05) is 7.11 Å². The van der Waals surface area contributed by atoms with Gasteiger partial charge in [-0.2, -0.15) is 0 Å². The van der Waals surface area contributed by atoms with Gasteiger partial charge in [-0.05, 0) is 48.0 Å². The van der Waals surface area contributed by atoms with Crippen molar-refractivity contribution >= 4 is 21.8 Å². The van der Waals surface area contributed by atoms with Crippen LogP contribution in [0.1, 0.15) is 21.9 Å². The number of methoxy groups -OCH3 is 1. The van der Waals surface area contributed by atoms with E-state index < -0.39 is 0 Å². The maximum Gasteiger partial charge on any atom is 0.287 e. The Labute approximate surface area is 160 Å². The van der Waals surface area contributed by atoms with E-state index >= 15 is 0 Å². The third-order valence-electron chi connectivity index (χ3n) is 3.65. The first-order chi connectivity index (χ1) is 12.6. The van der Waals surface area contributed by atoms with Crippen molar-refractivity contribution in [3.05, 3.63) is 82.2 Å². The molecule has 26 heavy (non-hydrogen) atoms. The Morgan fingerprint density at radius 3 is 2.69 bits per heavy atom. The molecule has 134 valence electrons. The van der Waals surface area contributed by atoms with E-state index in [0.717, 1.165) is 21.5 Å². The van der Waals surface area contributed by atoms with Crippen LogP contribution >= 0.6 is 15.9 Å². The molecule has 0 radical (unpaired) electrons. The lowest BCUT2D eigenvalue weighted by molar-refractivity contribution is 0.0919. The molecular formula is C20H18BrNO4. The number of rotatable bonds is 7. The molecule has 0 aliphatic carbocycles. The number of furan rings is 1. The largest absolute Gasteiger partial charge is 0.497 e. The molecule has 5 nitrogen and oxygen atoms in total. The van der Waals surface area contributed by atoms with Crippen LogP contribution in [0.5, 0.6) is 11.5 Å². The van der Waals surface area contributed by atoms with E-state index in [1.54, 1.807) is 19.2 Å². The van der Waals surface area contributed by atoms with E-state index in [2.05, 4.69) is 21.2 Å². The fourth-order valence-electron chi connectivity index (χ4n) is 2.34. The Hall–Kier alpha value is -2.73. The monoisotopic (exact) mass is 415 g/mol. The van der Waals surface area contributed by atoms with Gasteiger partial charge in [0, 0.05) is 11.0 Å². The van der Waals surface area contributed by atoms with Gasteiger partial charge in [0.15, 0.2) is 5.76 Å². The van der Waals surface area contributed by atoms with Gasteiger partial charge in [-0.25, -0.2) is 0 Å². The standard InChI is InChI=1S/C20H18BrNO4/c1-24-16-6-2-4-14(10-16)12-22-20(23)19-9-8-18(26-19)13-25-17-7-3-5-15(21)11-17/h2-11H,12-13H2,1H3,(H,22,23). The van der Waals surface area contributed by atoms with Crippen molar-refractivity contribution in [1.29, 1.82) is 0 Å². The molecule has 0 atom stereocenters. The summed E-state index contributed by atoms with van der Waals surface area (Å²) in [7, 11) is 1.61. The second-order valence-corrected chi connectivity index (χ2v) is 6.46. The zero-order valence-electron chi connectivity index (χ0n) is 14.2. The van der Waals surface area contributed by atoms with Gasteiger partial charge >= 0.3 is 0 Å². The first-order valence-electron chi connectivity index (χ1n) is 8.02. The van der Waals surface area contributed by atoms with Crippen molar-refractivity contribution < 1.29 is 18.7 Å². The number of benzene rings is 2. The highest BCUT2D eigenvalue weighted by molar-refractivity contribution is 9.10. The molecule has 0 unspecified atom stereocenters. The maximum atomic E-state index is 12.2. The van der Waals surface area contributed by atoms with Crippen LogP contribution in [0, 0.1) is 0 Å². The molecule has 1 heterocycles. The van der Waals surface area contributed by atoms with Gasteiger partial charge in [0.1, 0.15) is 23.9 Å². The number of hydrogen-bond donors (Lipinski definition) is 1. The molecule has 3 aromatic rings. The Balaban J connectivity index is 1.54. The Bertz CT molecular complexity index is 891. The highest BCUT2D eigenvalue weighted by atomic mass is 79.9. The van der Waals surface area contributed by atoms with Gasteiger partial charge in [-0.15, -0.1) is 0 Å². The highest BCUT2D eigenvalue weighted by Crippen LogP contribution is 2.19. The number of nitrogens with one attached hydrogen (secondary N) is 1. The number of carbonyl (C=O) groups excluding carboxylic acids is 1. The lowest BCUT2D eigenvalue weighted by Gasteiger charge is -2.06. The summed E-state index contributed by atoms with van der Waals surface area (Å²) in [4.78, 5) is 12.2. The van der Waals surface area contributed by atoms with Gasteiger partial charge in [-0.1, -0.05) is 34.1 Å². The summed E-state index contributed by atoms with van der Waals surface area (Å²) in [5, 5.41) is 2.83. The van der Waals surface area contributed by atoms with E-state index in [-0.39, 0.29) is 18.3 Å². The summed E-state index contributed by atoms with van der Waals surface area (Å²) < 4.78 is 17.3. The third kappa shape index (κ3) is 4.89. The molecule has 0 saturated carbocycles. The predicted molar refractivity (Wildman–Crippen MR) is 101 cm³/mol. The highest BCUT2D eigenvalue weighted by Gasteiger charge is 2.11. The lowest BCUT2D eigenvalue weighted by atomic mass is 10.2. The zero-order chi connectivity index (χ0) is 18.4. The van der Waals surface area contributed by atoms with Crippen LogP contribution in [-0.2, 0) is 13.2 Å². The Morgan fingerprint density at radius 1 is 1.08 bits per heavy atom. The molecule has 0 saturated heterocycles. The van der Waals surface area contributed by atoms with Crippen LogP contribution in [0.15, 0.2) is 69.6 Å². The van der Waals surface area contributed by atoms with Crippen LogP contribution < -0.4 is 14.8 Å². The molecule has 0 aliphatic rings. The minimum atomic E-state index is -0.276. The first-order valence-corrected chi connectivity index (χ1v) is 8.81. The summed E-state index contributed by atoms with van der Waals surface area (Å²) in [5.74, 6) is 2.03. The molecule has 3 rings (SSSR count). The topological polar surface area (TPSA) is 60.7 Å². The molecule has 0 aliphatic heterocycles. The Kier molecular flexibility index (Phi) is 5.96. The van der Waals surface area contributed by atoms with Crippen LogP contribution in [0.3, 0.4) is 0 Å². The average Bonchev–Trinajstić information content (AvgIpc) is 3.14. The summed E-state index contributed by atoms with van der Waals surface area (Å²) >= 11 is 3.39. The summed E-state index contributed by atoms with van der Waals surface area (Å²) in [6, 6.07) is 18.4. The molecule has 1 aromatic heterocycles. The van der Waals surface area contributed by atoms with Gasteiger partial charge in [-0.3, -0.25) is 4.79 Å². The van der Waals surface area contributed by atoms with E-state index in [1.165, 1.54) is 0 Å². The second-order valence-electron chi connectivity index (χ2n) is 5.55. The van der Waals surface area contributed by atoms with E-state index in [9.17, 15) is 4.79 Å². The number of ether oxygens (including phenoxy) is 2. The summed E-state index contributed by atoms with van der Waals surface area (Å²) in [5.41, 5.74) is 0.947. The molecule has 0 bridgehead atoms. The fraction of sp³-hybridized carbons (Fsp3) is 0.150. The number of carbonyl (C=O) groups is 1. The second kappa shape index (κ2) is 8.58. The molecule has 1 amide bonds. The third-order valence-corrected chi connectivity index (χ3v) is 4.14. The first kappa shape index (κ1) is 18.1.